The van der Waals surface area contributed by atoms with Gasteiger partial charge >= 0.3 is 0 Å². The van der Waals surface area contributed by atoms with Crippen LogP contribution in [0.2, 0.25) is 0 Å². The second-order valence-electron chi connectivity index (χ2n) is 13.9. The van der Waals surface area contributed by atoms with Crippen molar-refractivity contribution in [2.24, 2.45) is 0 Å². The number of aliphatic hydroxyl groups is 2. The van der Waals surface area contributed by atoms with Crippen molar-refractivity contribution in [1.29, 1.82) is 0 Å². The molecule has 2 aliphatic heterocycles. The molecule has 3 fully saturated rings. The number of aliphatic hydroxyl groups excluding tert-OH is 2. The standard InChI is InChI=1S/C37H49N3O8S2/c1-2-17-38-23-30-12-11-29(28-7-4-3-5-8-28)20-35(30)50(45,46)40-18-15-36(16-19-40)22-31(25-48-36)39-24-32(42)26-47-33-9-6-10-34(21-33)49(43,44)37(27-41)13-14-37/h3-12,20-21,31-32,38-39,41-42H,2,13-19,22-27H2,1H3. The van der Waals surface area contributed by atoms with Gasteiger partial charge in [-0.3, -0.25) is 0 Å². The first-order valence-electron chi connectivity index (χ1n) is 17.5. The number of benzene rings is 3. The molecule has 2 unspecified atom stereocenters. The van der Waals surface area contributed by atoms with Gasteiger partial charge in [0.25, 0.3) is 0 Å². The number of nitrogens with one attached hydrogen (secondary N) is 2. The van der Waals surface area contributed by atoms with Crippen molar-refractivity contribution in [2.45, 2.75) is 84.3 Å². The van der Waals surface area contributed by atoms with Gasteiger partial charge in [-0.25, -0.2) is 16.8 Å². The van der Waals surface area contributed by atoms with Gasteiger partial charge in [-0.1, -0.05) is 55.5 Å². The summed E-state index contributed by atoms with van der Waals surface area (Å²) < 4.78 is 66.7. The summed E-state index contributed by atoms with van der Waals surface area (Å²) in [6.07, 6.45) is 2.84. The maximum atomic E-state index is 14.1. The van der Waals surface area contributed by atoms with Gasteiger partial charge in [0.05, 0.1) is 33.4 Å². The summed E-state index contributed by atoms with van der Waals surface area (Å²) in [4.78, 5) is 0.443. The third-order valence-corrected chi connectivity index (χ3v) is 14.8. The van der Waals surface area contributed by atoms with Crippen LogP contribution in [0, 0.1) is 0 Å². The van der Waals surface area contributed by atoms with Crippen LogP contribution in [0.25, 0.3) is 11.1 Å². The van der Waals surface area contributed by atoms with Gasteiger partial charge in [-0.2, -0.15) is 4.31 Å². The fourth-order valence-corrected chi connectivity index (χ4v) is 10.5. The van der Waals surface area contributed by atoms with Crippen LogP contribution in [0.5, 0.6) is 5.75 Å². The second kappa shape index (κ2) is 15.4. The van der Waals surface area contributed by atoms with Crippen LogP contribution >= 0.6 is 0 Å². The highest BCUT2D eigenvalue weighted by Gasteiger charge is 2.54. The highest BCUT2D eigenvalue weighted by molar-refractivity contribution is 7.93. The third-order valence-electron chi connectivity index (χ3n) is 10.2. The molecule has 3 aromatic carbocycles. The van der Waals surface area contributed by atoms with Gasteiger partial charge < -0.3 is 30.3 Å². The molecule has 0 amide bonds. The molecule has 1 aliphatic carbocycles. The largest absolute Gasteiger partial charge is 0.491 e. The molecule has 0 bridgehead atoms. The molecule has 1 saturated carbocycles. The Morgan fingerprint density at radius 3 is 2.42 bits per heavy atom. The summed E-state index contributed by atoms with van der Waals surface area (Å²) in [7, 11) is -7.43. The number of nitrogens with zero attached hydrogens (tertiary/aromatic N) is 1. The summed E-state index contributed by atoms with van der Waals surface area (Å²) in [6, 6.07) is 21.7. The van der Waals surface area contributed by atoms with Crippen molar-refractivity contribution in [3.8, 4) is 16.9 Å². The summed E-state index contributed by atoms with van der Waals surface area (Å²) in [6.45, 7) is 4.34. The van der Waals surface area contributed by atoms with Gasteiger partial charge in [-0.05, 0) is 86.0 Å². The first kappa shape index (κ1) is 36.9. The van der Waals surface area contributed by atoms with E-state index in [1.807, 2.05) is 42.5 Å². The summed E-state index contributed by atoms with van der Waals surface area (Å²) in [5, 5.41) is 27.0. The first-order valence-corrected chi connectivity index (χ1v) is 20.5. The van der Waals surface area contributed by atoms with E-state index in [9.17, 15) is 27.0 Å². The molecule has 1 spiro atoms. The Kier molecular flexibility index (Phi) is 11.4. The minimum atomic E-state index is -3.76. The highest BCUT2D eigenvalue weighted by Crippen LogP contribution is 2.46. The number of sulfonamides is 1. The Labute approximate surface area is 296 Å². The zero-order chi connectivity index (χ0) is 35.4. The molecule has 2 atom stereocenters. The molecule has 4 N–H and O–H groups in total. The predicted octanol–water partition coefficient (Wildman–Crippen LogP) is 3.49. The van der Waals surface area contributed by atoms with Crippen LogP contribution in [0.15, 0.2) is 82.6 Å². The van der Waals surface area contributed by atoms with Crippen LogP contribution < -0.4 is 15.4 Å². The van der Waals surface area contributed by atoms with Crippen molar-refractivity contribution < 1.29 is 36.5 Å². The van der Waals surface area contributed by atoms with Crippen LogP contribution in [0.3, 0.4) is 0 Å². The fourth-order valence-electron chi connectivity index (χ4n) is 6.93. The number of hydrogen-bond donors (Lipinski definition) is 4. The van der Waals surface area contributed by atoms with Gasteiger partial charge in [0.2, 0.25) is 10.0 Å². The lowest BCUT2D eigenvalue weighted by atomic mass is 9.88. The molecule has 0 radical (unpaired) electrons. The fraction of sp³-hybridized carbons (Fsp3) is 0.514. The highest BCUT2D eigenvalue weighted by atomic mass is 32.2. The van der Waals surface area contributed by atoms with Crippen molar-refractivity contribution in [1.82, 2.24) is 14.9 Å². The number of piperidine rings is 1. The monoisotopic (exact) mass is 727 g/mol. The molecular weight excluding hydrogens is 679 g/mol. The Hall–Kier alpha value is -2.88. The molecule has 13 heteroatoms. The number of hydrogen-bond acceptors (Lipinski definition) is 10. The molecular formula is C37H49N3O8S2. The molecule has 2 saturated heterocycles. The minimum absolute atomic E-state index is 0.00622. The van der Waals surface area contributed by atoms with Gasteiger partial charge in [-0.15, -0.1) is 0 Å². The lowest BCUT2D eigenvalue weighted by Crippen LogP contribution is -2.47. The molecule has 6 rings (SSSR count). The second-order valence-corrected chi connectivity index (χ2v) is 18.1. The van der Waals surface area contributed by atoms with E-state index < -0.39 is 42.9 Å². The molecule has 3 aromatic rings. The van der Waals surface area contributed by atoms with E-state index in [0.717, 1.165) is 29.7 Å². The van der Waals surface area contributed by atoms with Crippen LogP contribution in [0.4, 0.5) is 0 Å². The van der Waals surface area contributed by atoms with E-state index in [2.05, 4.69) is 17.6 Å². The van der Waals surface area contributed by atoms with Crippen LogP contribution in [-0.2, 0) is 31.1 Å². The average Bonchev–Trinajstić information content (AvgIpc) is 3.86. The van der Waals surface area contributed by atoms with E-state index in [1.165, 1.54) is 12.1 Å². The predicted molar refractivity (Wildman–Crippen MR) is 191 cm³/mol. The van der Waals surface area contributed by atoms with E-state index in [-0.39, 0.29) is 24.1 Å². The van der Waals surface area contributed by atoms with Gasteiger partial charge in [0.1, 0.15) is 18.5 Å². The lowest BCUT2D eigenvalue weighted by Gasteiger charge is -2.38. The van der Waals surface area contributed by atoms with Crippen molar-refractivity contribution >= 4 is 19.9 Å². The maximum absolute atomic E-state index is 14.1. The number of ether oxygens (including phenoxy) is 2. The molecule has 0 aromatic heterocycles. The zero-order valence-corrected chi connectivity index (χ0v) is 30.2. The smallest absolute Gasteiger partial charge is 0.243 e. The Morgan fingerprint density at radius 1 is 0.960 bits per heavy atom. The normalized spacial score (nSPS) is 20.9. The Morgan fingerprint density at radius 2 is 1.72 bits per heavy atom. The lowest BCUT2D eigenvalue weighted by molar-refractivity contribution is -0.0312. The van der Waals surface area contributed by atoms with Crippen molar-refractivity contribution in [3.05, 3.63) is 78.4 Å². The first-order chi connectivity index (χ1) is 24.0. The third kappa shape index (κ3) is 7.95. The number of sulfone groups is 1. The van der Waals surface area contributed by atoms with E-state index in [0.29, 0.717) is 69.0 Å². The summed E-state index contributed by atoms with van der Waals surface area (Å²) in [5.41, 5.74) is 2.16. The molecule has 50 heavy (non-hydrogen) atoms. The average molecular weight is 728 g/mol. The minimum Gasteiger partial charge on any atom is -0.491 e. The van der Waals surface area contributed by atoms with Crippen LogP contribution in [0.1, 0.15) is 51.0 Å². The maximum Gasteiger partial charge on any atom is 0.243 e. The SMILES string of the molecule is CCCNCc1ccc(-c2ccccc2)cc1S(=O)(=O)N1CCC2(CC1)CC(NCC(O)COc1cccc(S(=O)(=O)C3(CO)CC3)c1)CO2. The van der Waals surface area contributed by atoms with Crippen LogP contribution in [-0.4, -0.2) is 99.8 Å². The van der Waals surface area contributed by atoms with Gasteiger partial charge in [0.15, 0.2) is 9.84 Å². The Bertz CT molecular complexity index is 1830. The van der Waals surface area contributed by atoms with Crippen molar-refractivity contribution in [2.75, 3.05) is 46.0 Å². The number of rotatable bonds is 16. The van der Waals surface area contributed by atoms with E-state index in [4.69, 9.17) is 9.47 Å². The summed E-state index contributed by atoms with van der Waals surface area (Å²) >= 11 is 0. The quantitative estimate of drug-likeness (QED) is 0.161. The Balaban J connectivity index is 1.01. The van der Waals surface area contributed by atoms with Crippen molar-refractivity contribution in [3.63, 3.8) is 0 Å². The topological polar surface area (TPSA) is 154 Å². The van der Waals surface area contributed by atoms with Gasteiger partial charge in [0, 0.05) is 32.2 Å². The molecule has 272 valence electrons. The molecule has 11 nitrogen and oxygen atoms in total. The zero-order valence-electron chi connectivity index (χ0n) is 28.6. The molecule has 2 heterocycles. The van der Waals surface area contributed by atoms with E-state index >= 15 is 0 Å². The molecule has 3 aliphatic rings. The summed E-state index contributed by atoms with van der Waals surface area (Å²) in [5.74, 6) is 0.333. The van der Waals surface area contributed by atoms with E-state index in [1.54, 1.807) is 22.5 Å².